The van der Waals surface area contributed by atoms with Gasteiger partial charge in [0.2, 0.25) is 0 Å². The summed E-state index contributed by atoms with van der Waals surface area (Å²) in [5.74, 6) is -0.324. The van der Waals surface area contributed by atoms with Gasteiger partial charge >= 0.3 is 0 Å². The highest BCUT2D eigenvalue weighted by molar-refractivity contribution is 7.89. The maximum Gasteiger partial charge on any atom is 0.181 e. The van der Waals surface area contributed by atoms with Gasteiger partial charge in [0.05, 0.1) is 11.4 Å². The second kappa shape index (κ2) is 3.57. The fourth-order valence-electron chi connectivity index (χ4n) is 1.41. The fraction of sp³-hybridized carbons (Fsp3) is 0. The zero-order valence-electron chi connectivity index (χ0n) is 7.24. The Balaban J connectivity index is 2.82. The molecule has 0 fully saturated rings. The fourth-order valence-corrected chi connectivity index (χ4v) is 2.01. The highest BCUT2D eigenvalue weighted by Gasteiger charge is 2.12. The molecule has 0 aromatic heterocycles. The van der Waals surface area contributed by atoms with Gasteiger partial charge in [-0.15, -0.1) is 5.14 Å². The summed E-state index contributed by atoms with van der Waals surface area (Å²) in [6.07, 6.45) is 0. The molecule has 14 heavy (non-hydrogen) atoms. The molecule has 0 aliphatic heterocycles. The van der Waals surface area contributed by atoms with E-state index in [0.29, 0.717) is 15.7 Å². The average Bonchev–Trinajstić information content (AvgIpc) is 2.18. The van der Waals surface area contributed by atoms with Crippen molar-refractivity contribution in [2.75, 3.05) is 0 Å². The molecule has 2 aromatic rings. The Labute approximate surface area is 83.8 Å². The molecule has 2 aromatic carbocycles. The molecule has 0 amide bonds. The summed E-state index contributed by atoms with van der Waals surface area (Å²) in [7, 11) is 0. The largest absolute Gasteiger partial charge is 0.593 e. The predicted octanol–water partition coefficient (Wildman–Crippen LogP) is 1.96. The van der Waals surface area contributed by atoms with Gasteiger partial charge in [-0.2, -0.15) is 0 Å². The molecule has 2 nitrogen and oxygen atoms in total. The van der Waals surface area contributed by atoms with Gasteiger partial charge in [-0.1, -0.05) is 18.2 Å². The number of nitrogens with two attached hydrogens (primary N) is 1. The maximum atomic E-state index is 13.3. The van der Waals surface area contributed by atoms with Crippen LogP contribution in [0.3, 0.4) is 0 Å². The van der Waals surface area contributed by atoms with E-state index in [9.17, 15) is 8.94 Å². The highest BCUT2D eigenvalue weighted by Crippen LogP contribution is 2.24. The van der Waals surface area contributed by atoms with Crippen LogP contribution < -0.4 is 5.14 Å². The summed E-state index contributed by atoms with van der Waals surface area (Å²) in [6, 6.07) is 9.57. The van der Waals surface area contributed by atoms with E-state index >= 15 is 0 Å². The Morgan fingerprint density at radius 2 is 1.71 bits per heavy atom. The molecule has 0 radical (unpaired) electrons. The standard InChI is InChI=1S/C10H8FNOS/c11-9-5-6-10(14(12)13)8-4-2-1-3-7(8)9/h1-6H,12H2. The highest BCUT2D eigenvalue weighted by atomic mass is 32.2. The van der Waals surface area contributed by atoms with Crippen LogP contribution in [0.4, 0.5) is 4.39 Å². The molecular formula is C10H8FNOS. The van der Waals surface area contributed by atoms with Crippen LogP contribution in [0, 0.1) is 5.82 Å². The Morgan fingerprint density at radius 1 is 1.07 bits per heavy atom. The summed E-state index contributed by atoms with van der Waals surface area (Å²) in [5.41, 5.74) is 0. The lowest BCUT2D eigenvalue weighted by atomic mass is 10.1. The van der Waals surface area contributed by atoms with Crippen molar-refractivity contribution in [2.24, 2.45) is 5.14 Å². The first-order chi connectivity index (χ1) is 6.70. The van der Waals surface area contributed by atoms with Gasteiger partial charge < -0.3 is 4.55 Å². The lowest BCUT2D eigenvalue weighted by molar-refractivity contribution is 0.597. The molecule has 72 valence electrons. The van der Waals surface area contributed by atoms with Crippen molar-refractivity contribution in [3.63, 3.8) is 0 Å². The normalized spacial score (nSPS) is 13.1. The number of halogens is 1. The third kappa shape index (κ3) is 1.48. The van der Waals surface area contributed by atoms with Gasteiger partial charge in [-0.05, 0) is 18.2 Å². The quantitative estimate of drug-likeness (QED) is 0.730. The number of hydrogen-bond acceptors (Lipinski definition) is 2. The summed E-state index contributed by atoms with van der Waals surface area (Å²) >= 11 is -1.58. The first-order valence-corrected chi connectivity index (χ1v) is 5.25. The van der Waals surface area contributed by atoms with E-state index in [1.165, 1.54) is 12.1 Å². The van der Waals surface area contributed by atoms with Crippen molar-refractivity contribution in [2.45, 2.75) is 4.90 Å². The van der Waals surface area contributed by atoms with E-state index in [1.807, 2.05) is 0 Å². The van der Waals surface area contributed by atoms with E-state index < -0.39 is 11.4 Å². The van der Waals surface area contributed by atoms with Crippen molar-refractivity contribution in [1.29, 1.82) is 0 Å². The van der Waals surface area contributed by atoms with Crippen LogP contribution in [0.5, 0.6) is 0 Å². The molecule has 0 saturated heterocycles. The summed E-state index contributed by atoms with van der Waals surface area (Å²) in [6.45, 7) is 0. The Kier molecular flexibility index (Phi) is 2.41. The van der Waals surface area contributed by atoms with Crippen molar-refractivity contribution in [1.82, 2.24) is 0 Å². The third-order valence-electron chi connectivity index (χ3n) is 2.05. The number of benzene rings is 2. The average molecular weight is 209 g/mol. The minimum atomic E-state index is -1.58. The molecule has 1 unspecified atom stereocenters. The smallest absolute Gasteiger partial charge is 0.181 e. The zero-order valence-corrected chi connectivity index (χ0v) is 8.05. The van der Waals surface area contributed by atoms with E-state index in [4.69, 9.17) is 5.14 Å². The van der Waals surface area contributed by atoms with E-state index in [-0.39, 0.29) is 5.82 Å². The molecule has 0 heterocycles. The lowest BCUT2D eigenvalue weighted by Gasteiger charge is -2.06. The number of hydrogen-bond donors (Lipinski definition) is 1. The summed E-state index contributed by atoms with van der Waals surface area (Å²) < 4.78 is 24.4. The predicted molar refractivity (Wildman–Crippen MR) is 54.5 cm³/mol. The van der Waals surface area contributed by atoms with Gasteiger partial charge in [0.15, 0.2) is 4.90 Å². The van der Waals surface area contributed by atoms with Gasteiger partial charge in [-0.25, -0.2) is 4.39 Å². The molecule has 0 aliphatic rings. The van der Waals surface area contributed by atoms with E-state index in [2.05, 4.69) is 0 Å². The monoisotopic (exact) mass is 209 g/mol. The van der Waals surface area contributed by atoms with Gasteiger partial charge in [0.1, 0.15) is 5.82 Å². The Bertz CT molecular complexity index is 473. The van der Waals surface area contributed by atoms with Crippen molar-refractivity contribution in [3.8, 4) is 0 Å². The SMILES string of the molecule is N[S+]([O-])c1ccc(F)c2ccccc12. The Morgan fingerprint density at radius 3 is 2.36 bits per heavy atom. The topological polar surface area (TPSA) is 49.1 Å². The van der Waals surface area contributed by atoms with E-state index in [0.717, 1.165) is 0 Å². The molecule has 2 N–H and O–H groups in total. The molecule has 0 saturated carbocycles. The molecule has 4 heteroatoms. The second-order valence-corrected chi connectivity index (χ2v) is 3.92. The Hall–Kier alpha value is -1.10. The van der Waals surface area contributed by atoms with Crippen LogP contribution in [-0.2, 0) is 11.4 Å². The summed E-state index contributed by atoms with van der Waals surface area (Å²) in [4.78, 5) is 0.460. The maximum absolute atomic E-state index is 13.3. The first-order valence-electron chi connectivity index (χ1n) is 4.03. The first kappa shape index (κ1) is 9.45. The van der Waals surface area contributed by atoms with Crippen LogP contribution in [0.15, 0.2) is 41.3 Å². The summed E-state index contributed by atoms with van der Waals surface area (Å²) in [5, 5.41) is 6.33. The zero-order chi connectivity index (χ0) is 10.1. The van der Waals surface area contributed by atoms with Gasteiger partial charge in [-0.3, -0.25) is 0 Å². The molecular weight excluding hydrogens is 201 g/mol. The van der Waals surface area contributed by atoms with Crippen molar-refractivity contribution >= 4 is 22.1 Å². The van der Waals surface area contributed by atoms with Crippen LogP contribution in [0.1, 0.15) is 0 Å². The molecule has 1 atom stereocenters. The number of rotatable bonds is 1. The minimum Gasteiger partial charge on any atom is -0.593 e. The van der Waals surface area contributed by atoms with Crippen LogP contribution >= 0.6 is 0 Å². The van der Waals surface area contributed by atoms with Crippen molar-refractivity contribution in [3.05, 3.63) is 42.2 Å². The molecule has 0 bridgehead atoms. The van der Waals surface area contributed by atoms with Crippen LogP contribution in [0.2, 0.25) is 0 Å². The van der Waals surface area contributed by atoms with E-state index in [1.54, 1.807) is 24.3 Å². The second-order valence-electron chi connectivity index (χ2n) is 2.89. The van der Waals surface area contributed by atoms with Crippen LogP contribution in [-0.4, -0.2) is 4.55 Å². The van der Waals surface area contributed by atoms with Gasteiger partial charge in [0, 0.05) is 10.8 Å². The number of fused-ring (bicyclic) bond motifs is 1. The van der Waals surface area contributed by atoms with Crippen molar-refractivity contribution < 1.29 is 8.94 Å². The van der Waals surface area contributed by atoms with Crippen LogP contribution in [0.25, 0.3) is 10.8 Å². The molecule has 0 aliphatic carbocycles. The molecule has 2 rings (SSSR count). The molecule has 0 spiro atoms. The van der Waals surface area contributed by atoms with Gasteiger partial charge in [0.25, 0.3) is 0 Å². The third-order valence-corrected chi connectivity index (χ3v) is 2.84. The minimum absolute atomic E-state index is 0.324. The lowest BCUT2D eigenvalue weighted by Crippen LogP contribution is -2.12.